The van der Waals surface area contributed by atoms with Gasteiger partial charge in [0.05, 0.1) is 32.1 Å². The molecule has 122 valence electrons. The number of carbonyl (C=O) groups excluding carboxylic acids is 1. The van der Waals surface area contributed by atoms with Gasteiger partial charge in [-0.15, -0.1) is 0 Å². The van der Waals surface area contributed by atoms with Crippen LogP contribution in [0.1, 0.15) is 23.7 Å². The number of rotatable bonds is 12. The number of nitrogens with zero attached hydrogens (tertiary/aromatic N) is 1. The molecule has 1 N–H and O–H groups in total. The largest absolute Gasteiger partial charge is 0.394 e. The number of nitrogens with one attached hydrogen (secondary N) is 1. The van der Waals surface area contributed by atoms with Crippen molar-refractivity contribution in [2.45, 2.75) is 13.3 Å². The lowest BCUT2D eigenvalue weighted by molar-refractivity contribution is 0.0558. The minimum absolute atomic E-state index is 0.0371. The molecule has 1 rings (SSSR count). The highest BCUT2D eigenvalue weighted by Crippen LogP contribution is 2.04. The van der Waals surface area contributed by atoms with Gasteiger partial charge in [0.25, 0.3) is 0 Å². The first-order chi connectivity index (χ1) is 10.7. The molecule has 0 aromatic heterocycles. The summed E-state index contributed by atoms with van der Waals surface area (Å²) in [5.41, 5.74) is 1.34. The van der Waals surface area contributed by atoms with Crippen molar-refractivity contribution in [2.24, 2.45) is 5.16 Å². The minimum atomic E-state index is 0.0371. The van der Waals surface area contributed by atoms with Crippen molar-refractivity contribution in [3.63, 3.8) is 0 Å². The first-order valence-electron chi connectivity index (χ1n) is 7.25. The third-order valence-corrected chi connectivity index (χ3v) is 2.74. The van der Waals surface area contributed by atoms with Crippen LogP contribution in [0.15, 0.2) is 35.5 Å². The van der Waals surface area contributed by atoms with Gasteiger partial charge in [-0.25, -0.2) is 0 Å². The van der Waals surface area contributed by atoms with Crippen LogP contribution in [0.5, 0.6) is 0 Å². The molecule has 0 aliphatic rings. The van der Waals surface area contributed by atoms with Gasteiger partial charge in [0.1, 0.15) is 6.61 Å². The average Bonchev–Trinajstić information content (AvgIpc) is 2.54. The quantitative estimate of drug-likeness (QED) is 0.210. The first-order valence-corrected chi connectivity index (χ1v) is 7.25. The lowest BCUT2D eigenvalue weighted by Gasteiger charge is -2.05. The Hall–Kier alpha value is -1.76. The molecule has 0 saturated carbocycles. The number of methoxy groups -OCH3 is 1. The molecule has 1 aromatic carbocycles. The second-order valence-corrected chi connectivity index (χ2v) is 4.67. The summed E-state index contributed by atoms with van der Waals surface area (Å²) < 4.78 is 10.1. The van der Waals surface area contributed by atoms with Gasteiger partial charge < -0.3 is 14.3 Å². The van der Waals surface area contributed by atoms with E-state index < -0.39 is 0 Å². The fraction of sp³-hybridized carbons (Fsp3) is 0.500. The van der Waals surface area contributed by atoms with Gasteiger partial charge in [-0.2, -0.15) is 0 Å². The molecule has 22 heavy (non-hydrogen) atoms. The lowest BCUT2D eigenvalue weighted by Crippen LogP contribution is -2.23. The summed E-state index contributed by atoms with van der Waals surface area (Å²) in [4.78, 5) is 17.1. The molecule has 0 amide bonds. The van der Waals surface area contributed by atoms with Crippen molar-refractivity contribution in [3.05, 3.63) is 35.9 Å². The molecule has 6 heteroatoms. The normalized spacial score (nSPS) is 11.5. The maximum absolute atomic E-state index is 11.9. The van der Waals surface area contributed by atoms with Crippen molar-refractivity contribution >= 4 is 11.5 Å². The first kappa shape index (κ1) is 18.3. The monoisotopic (exact) mass is 308 g/mol. The van der Waals surface area contributed by atoms with E-state index in [0.29, 0.717) is 44.4 Å². The van der Waals surface area contributed by atoms with Crippen molar-refractivity contribution in [1.29, 1.82) is 0 Å². The fourth-order valence-corrected chi connectivity index (χ4v) is 1.62. The van der Waals surface area contributed by atoms with Crippen LogP contribution in [0.3, 0.4) is 0 Å². The molecule has 0 radical (unpaired) electrons. The Morgan fingerprint density at radius 2 is 1.95 bits per heavy atom. The second kappa shape index (κ2) is 11.9. The summed E-state index contributed by atoms with van der Waals surface area (Å²) in [7, 11) is 1.63. The predicted octanol–water partition coefficient (Wildman–Crippen LogP) is 1.86. The van der Waals surface area contributed by atoms with E-state index in [9.17, 15) is 4.79 Å². The zero-order chi connectivity index (χ0) is 16.0. The summed E-state index contributed by atoms with van der Waals surface area (Å²) in [5, 5.41) is 6.98. The molecule has 0 heterocycles. The number of carbonyl (C=O) groups is 1. The molecule has 0 fully saturated rings. The Labute approximate surface area is 131 Å². The van der Waals surface area contributed by atoms with E-state index in [1.54, 1.807) is 26.2 Å². The van der Waals surface area contributed by atoms with E-state index >= 15 is 0 Å². The molecule has 0 unspecified atom stereocenters. The summed E-state index contributed by atoms with van der Waals surface area (Å²) in [5.74, 6) is 0.0371. The van der Waals surface area contributed by atoms with Gasteiger partial charge in [0.2, 0.25) is 0 Å². The molecular formula is C16H24N2O4. The summed E-state index contributed by atoms with van der Waals surface area (Å²) in [6.45, 7) is 4.41. The Morgan fingerprint density at radius 3 is 2.68 bits per heavy atom. The van der Waals surface area contributed by atoms with Crippen molar-refractivity contribution < 1.29 is 19.1 Å². The SMILES string of the molecule is COCCOCNCCON=C(C)CC(=O)c1ccccc1. The summed E-state index contributed by atoms with van der Waals surface area (Å²) in [6, 6.07) is 9.16. The smallest absolute Gasteiger partial charge is 0.168 e. The van der Waals surface area contributed by atoms with Crippen LogP contribution in [-0.4, -0.2) is 51.7 Å². The van der Waals surface area contributed by atoms with Crippen molar-refractivity contribution in [1.82, 2.24) is 5.32 Å². The van der Waals surface area contributed by atoms with Gasteiger partial charge in [0, 0.05) is 19.2 Å². The van der Waals surface area contributed by atoms with Crippen molar-refractivity contribution in [3.8, 4) is 0 Å². The van der Waals surface area contributed by atoms with E-state index in [-0.39, 0.29) is 12.2 Å². The van der Waals surface area contributed by atoms with Crippen LogP contribution in [0.2, 0.25) is 0 Å². The number of ketones is 1. The highest BCUT2D eigenvalue weighted by molar-refractivity contribution is 6.08. The minimum Gasteiger partial charge on any atom is -0.394 e. The van der Waals surface area contributed by atoms with E-state index in [1.807, 2.05) is 18.2 Å². The number of Topliss-reactive ketones (excluding diaryl/α,β-unsaturated/α-hetero) is 1. The Bertz CT molecular complexity index is 449. The standard InChI is InChI=1S/C16H24N2O4/c1-14(12-16(19)15-6-4-3-5-7-15)18-22-9-8-17-13-21-11-10-20-2/h3-7,17H,8-13H2,1-2H3. The van der Waals surface area contributed by atoms with E-state index in [4.69, 9.17) is 14.3 Å². The Balaban J connectivity index is 2.09. The summed E-state index contributed by atoms with van der Waals surface area (Å²) in [6.07, 6.45) is 0.261. The maximum atomic E-state index is 11.9. The van der Waals surface area contributed by atoms with Crippen molar-refractivity contribution in [2.75, 3.05) is 40.2 Å². The number of hydrogen-bond acceptors (Lipinski definition) is 6. The molecular weight excluding hydrogens is 284 g/mol. The second-order valence-electron chi connectivity index (χ2n) is 4.67. The maximum Gasteiger partial charge on any atom is 0.168 e. The third-order valence-electron chi connectivity index (χ3n) is 2.74. The fourth-order valence-electron chi connectivity index (χ4n) is 1.62. The van der Waals surface area contributed by atoms with Crippen LogP contribution < -0.4 is 5.32 Å². The van der Waals surface area contributed by atoms with Gasteiger partial charge >= 0.3 is 0 Å². The molecule has 0 aliphatic heterocycles. The Kier molecular flexibility index (Phi) is 9.85. The molecule has 0 saturated heterocycles. The molecule has 6 nitrogen and oxygen atoms in total. The molecule has 0 spiro atoms. The Morgan fingerprint density at radius 1 is 1.18 bits per heavy atom. The molecule has 1 aromatic rings. The predicted molar refractivity (Wildman–Crippen MR) is 85.1 cm³/mol. The van der Waals surface area contributed by atoms with Gasteiger partial charge in [-0.05, 0) is 6.92 Å². The lowest BCUT2D eigenvalue weighted by atomic mass is 10.1. The highest BCUT2D eigenvalue weighted by atomic mass is 16.6. The van der Waals surface area contributed by atoms with Crippen LogP contribution >= 0.6 is 0 Å². The highest BCUT2D eigenvalue weighted by Gasteiger charge is 2.06. The zero-order valence-corrected chi connectivity index (χ0v) is 13.2. The zero-order valence-electron chi connectivity index (χ0n) is 13.2. The summed E-state index contributed by atoms with van der Waals surface area (Å²) >= 11 is 0. The molecule has 0 atom stereocenters. The van der Waals surface area contributed by atoms with Gasteiger partial charge in [-0.1, -0.05) is 35.5 Å². The van der Waals surface area contributed by atoms with Gasteiger partial charge in [0.15, 0.2) is 5.78 Å². The number of benzene rings is 1. The molecule has 0 aliphatic carbocycles. The average molecular weight is 308 g/mol. The number of oxime groups is 1. The third kappa shape index (κ3) is 8.51. The van der Waals surface area contributed by atoms with E-state index in [0.717, 1.165) is 0 Å². The van der Waals surface area contributed by atoms with Crippen LogP contribution in [0.25, 0.3) is 0 Å². The van der Waals surface area contributed by atoms with Crippen LogP contribution in [0, 0.1) is 0 Å². The number of ether oxygens (including phenoxy) is 2. The molecule has 0 bridgehead atoms. The van der Waals surface area contributed by atoms with Gasteiger partial charge in [-0.3, -0.25) is 10.1 Å². The topological polar surface area (TPSA) is 69.2 Å². The number of hydrogen-bond donors (Lipinski definition) is 1. The van der Waals surface area contributed by atoms with E-state index in [2.05, 4.69) is 10.5 Å². The van der Waals surface area contributed by atoms with Crippen LogP contribution in [-0.2, 0) is 14.3 Å². The van der Waals surface area contributed by atoms with Crippen LogP contribution in [0.4, 0.5) is 0 Å². The van der Waals surface area contributed by atoms with E-state index in [1.165, 1.54) is 0 Å².